The van der Waals surface area contributed by atoms with Gasteiger partial charge in [0.25, 0.3) is 5.91 Å². The van der Waals surface area contributed by atoms with Crippen LogP contribution in [0, 0.1) is 12.7 Å². The largest absolute Gasteiger partial charge is 0.352 e. The van der Waals surface area contributed by atoms with Crippen molar-refractivity contribution in [1.82, 2.24) is 5.32 Å². The number of benzene rings is 2. The number of carbonyl (C=O) groups is 1. The minimum Gasteiger partial charge on any atom is -0.352 e. The number of rotatable bonds is 6. The van der Waals surface area contributed by atoms with E-state index in [0.717, 1.165) is 30.4 Å². The first-order valence-electron chi connectivity index (χ1n) is 9.50. The van der Waals surface area contributed by atoms with E-state index in [-0.39, 0.29) is 17.5 Å². The summed E-state index contributed by atoms with van der Waals surface area (Å²) >= 11 is 0. The van der Waals surface area contributed by atoms with Gasteiger partial charge >= 0.3 is 0 Å². The summed E-state index contributed by atoms with van der Waals surface area (Å²) < 4.78 is 39.1. The third-order valence-electron chi connectivity index (χ3n) is 4.93. The summed E-state index contributed by atoms with van der Waals surface area (Å²) in [5.74, 6) is -0.343. The molecule has 7 heteroatoms. The monoisotopic (exact) mass is 404 g/mol. The topological polar surface area (TPSA) is 66.5 Å². The van der Waals surface area contributed by atoms with Crippen molar-refractivity contribution in [1.29, 1.82) is 0 Å². The quantitative estimate of drug-likeness (QED) is 0.750. The van der Waals surface area contributed by atoms with Gasteiger partial charge in [0.15, 0.2) is 0 Å². The zero-order valence-electron chi connectivity index (χ0n) is 15.9. The number of hydrogen-bond acceptors (Lipinski definition) is 3. The Morgan fingerprint density at radius 3 is 2.61 bits per heavy atom. The third kappa shape index (κ3) is 4.90. The molecule has 1 fully saturated rings. The van der Waals surface area contributed by atoms with Gasteiger partial charge in [-0.3, -0.25) is 9.10 Å². The normalized spacial score (nSPS) is 16.0. The minimum absolute atomic E-state index is 0.145. The highest BCUT2D eigenvalue weighted by Crippen LogP contribution is 2.28. The van der Waals surface area contributed by atoms with Gasteiger partial charge in [0, 0.05) is 18.7 Å². The van der Waals surface area contributed by atoms with E-state index < -0.39 is 10.0 Å². The van der Waals surface area contributed by atoms with Gasteiger partial charge < -0.3 is 5.32 Å². The van der Waals surface area contributed by atoms with E-state index in [0.29, 0.717) is 30.8 Å². The predicted octanol–water partition coefficient (Wildman–Crippen LogP) is 3.43. The molecule has 0 spiro atoms. The number of anilines is 1. The number of nitrogens with one attached hydrogen (secondary N) is 1. The lowest BCUT2D eigenvalue weighted by atomic mass is 10.1. The molecular formula is C21H25FN2O3S. The van der Waals surface area contributed by atoms with E-state index in [1.165, 1.54) is 16.4 Å². The number of sulfonamides is 1. The van der Waals surface area contributed by atoms with Gasteiger partial charge in [-0.2, -0.15) is 0 Å². The molecule has 1 saturated heterocycles. The Morgan fingerprint density at radius 1 is 1.14 bits per heavy atom. The van der Waals surface area contributed by atoms with E-state index in [2.05, 4.69) is 5.32 Å². The molecule has 5 nitrogen and oxygen atoms in total. The smallest absolute Gasteiger partial charge is 0.251 e. The number of halogens is 1. The molecule has 0 aliphatic carbocycles. The van der Waals surface area contributed by atoms with Crippen LogP contribution in [-0.4, -0.2) is 33.2 Å². The maximum Gasteiger partial charge on any atom is 0.251 e. The van der Waals surface area contributed by atoms with Crippen LogP contribution in [0.5, 0.6) is 0 Å². The molecule has 1 heterocycles. The highest BCUT2D eigenvalue weighted by Gasteiger charge is 2.27. The maximum atomic E-state index is 12.9. The van der Waals surface area contributed by atoms with Crippen molar-refractivity contribution >= 4 is 21.6 Å². The Morgan fingerprint density at radius 2 is 1.89 bits per heavy atom. The summed E-state index contributed by atoms with van der Waals surface area (Å²) in [6, 6.07) is 11.5. The van der Waals surface area contributed by atoms with Gasteiger partial charge in [0.1, 0.15) is 5.82 Å². The zero-order chi connectivity index (χ0) is 20.1. The Bertz CT molecular complexity index is 943. The van der Waals surface area contributed by atoms with Crippen LogP contribution < -0.4 is 9.62 Å². The maximum absolute atomic E-state index is 12.9. The fraction of sp³-hybridized carbons (Fsp3) is 0.381. The van der Waals surface area contributed by atoms with Crippen molar-refractivity contribution in [3.8, 4) is 0 Å². The van der Waals surface area contributed by atoms with Crippen LogP contribution in [0.1, 0.15) is 40.7 Å². The first kappa shape index (κ1) is 20.3. The Labute approximate surface area is 165 Å². The second-order valence-corrected chi connectivity index (χ2v) is 9.10. The molecule has 0 aromatic heterocycles. The van der Waals surface area contributed by atoms with Crippen LogP contribution in [0.4, 0.5) is 10.1 Å². The molecule has 2 aromatic rings. The van der Waals surface area contributed by atoms with Gasteiger partial charge in [0.2, 0.25) is 10.0 Å². The van der Waals surface area contributed by atoms with Crippen molar-refractivity contribution < 1.29 is 17.6 Å². The van der Waals surface area contributed by atoms with Crippen LogP contribution in [0.15, 0.2) is 42.5 Å². The van der Waals surface area contributed by atoms with Gasteiger partial charge in [-0.15, -0.1) is 0 Å². The molecular weight excluding hydrogens is 379 g/mol. The zero-order valence-corrected chi connectivity index (χ0v) is 16.8. The molecule has 150 valence electrons. The molecule has 0 atom stereocenters. The fourth-order valence-electron chi connectivity index (χ4n) is 3.33. The molecule has 0 saturated carbocycles. The van der Waals surface area contributed by atoms with Crippen molar-refractivity contribution in [3.05, 3.63) is 65.0 Å². The van der Waals surface area contributed by atoms with Crippen LogP contribution in [-0.2, 0) is 16.4 Å². The van der Waals surface area contributed by atoms with Crippen molar-refractivity contribution in [3.63, 3.8) is 0 Å². The average Bonchev–Trinajstić information content (AvgIpc) is 2.67. The summed E-state index contributed by atoms with van der Waals surface area (Å²) in [4.78, 5) is 12.5. The number of nitrogens with zero attached hydrogens (tertiary/aromatic N) is 1. The molecule has 0 radical (unpaired) electrons. The highest BCUT2D eigenvalue weighted by atomic mass is 32.2. The molecule has 0 unspecified atom stereocenters. The van der Waals surface area contributed by atoms with Crippen LogP contribution in [0.25, 0.3) is 0 Å². The Balaban J connectivity index is 1.61. The SMILES string of the molecule is Cc1ccc(C(=O)NCCCc2ccc(F)cc2)cc1N1CCCCS1(=O)=O. The minimum atomic E-state index is -3.32. The number of carbonyl (C=O) groups excluding carboxylic acids is 1. The van der Waals surface area contributed by atoms with Crippen LogP contribution in [0.2, 0.25) is 0 Å². The van der Waals surface area contributed by atoms with Crippen LogP contribution in [0.3, 0.4) is 0 Å². The predicted molar refractivity (Wildman–Crippen MR) is 109 cm³/mol. The molecule has 3 rings (SSSR count). The van der Waals surface area contributed by atoms with E-state index in [1.54, 1.807) is 30.3 Å². The lowest BCUT2D eigenvalue weighted by Gasteiger charge is -2.29. The van der Waals surface area contributed by atoms with Gasteiger partial charge in [-0.25, -0.2) is 12.8 Å². The Kier molecular flexibility index (Phi) is 6.34. The third-order valence-corrected chi connectivity index (χ3v) is 6.79. The molecule has 1 amide bonds. The van der Waals surface area contributed by atoms with Gasteiger partial charge in [0.05, 0.1) is 11.4 Å². The standard InChI is InChI=1S/C21H25FN2O3S/c1-16-6-9-18(15-20(16)24-13-2-3-14-28(24,26)27)21(25)23-12-4-5-17-7-10-19(22)11-8-17/h6-11,15H,2-5,12-14H2,1H3,(H,23,25). The van der Waals surface area contributed by atoms with E-state index >= 15 is 0 Å². The molecule has 2 aromatic carbocycles. The second-order valence-electron chi connectivity index (χ2n) is 7.08. The average molecular weight is 405 g/mol. The lowest BCUT2D eigenvalue weighted by molar-refractivity contribution is 0.0953. The fourth-order valence-corrected chi connectivity index (χ4v) is 5.02. The lowest BCUT2D eigenvalue weighted by Crippen LogP contribution is -2.38. The summed E-state index contributed by atoms with van der Waals surface area (Å²) in [7, 11) is -3.32. The molecule has 1 aliphatic heterocycles. The second kappa shape index (κ2) is 8.73. The van der Waals surface area contributed by atoms with Gasteiger partial charge in [-0.1, -0.05) is 18.2 Å². The Hall–Kier alpha value is -2.41. The summed E-state index contributed by atoms with van der Waals surface area (Å²) in [5.41, 5.74) is 2.88. The first-order valence-corrected chi connectivity index (χ1v) is 11.1. The summed E-state index contributed by atoms with van der Waals surface area (Å²) in [6.45, 7) is 2.79. The molecule has 0 bridgehead atoms. The van der Waals surface area contributed by atoms with E-state index in [4.69, 9.17) is 0 Å². The molecule has 1 aliphatic rings. The molecule has 28 heavy (non-hydrogen) atoms. The number of amides is 1. The van der Waals surface area contributed by atoms with Crippen molar-refractivity contribution in [2.45, 2.75) is 32.6 Å². The highest BCUT2D eigenvalue weighted by molar-refractivity contribution is 7.92. The van der Waals surface area contributed by atoms with E-state index in [9.17, 15) is 17.6 Å². The first-order chi connectivity index (χ1) is 13.4. The molecule has 1 N–H and O–H groups in total. The van der Waals surface area contributed by atoms with Crippen molar-refractivity contribution in [2.75, 3.05) is 23.1 Å². The van der Waals surface area contributed by atoms with E-state index in [1.807, 2.05) is 6.92 Å². The number of hydrogen-bond donors (Lipinski definition) is 1. The van der Waals surface area contributed by atoms with Crippen molar-refractivity contribution in [2.24, 2.45) is 0 Å². The number of aryl methyl sites for hydroxylation is 2. The summed E-state index contributed by atoms with van der Waals surface area (Å²) in [5, 5.41) is 2.87. The summed E-state index contributed by atoms with van der Waals surface area (Å²) in [6.07, 6.45) is 2.97. The van der Waals surface area contributed by atoms with Crippen LogP contribution >= 0.6 is 0 Å². The van der Waals surface area contributed by atoms with Gasteiger partial charge in [-0.05, 0) is 68.0 Å².